The Bertz CT molecular complexity index is 1020. The van der Waals surface area contributed by atoms with Gasteiger partial charge in [-0.1, -0.05) is 11.6 Å². The second-order valence-electron chi connectivity index (χ2n) is 5.63. The first-order chi connectivity index (χ1) is 13.2. The highest BCUT2D eigenvalue weighted by Crippen LogP contribution is 2.35. The average molecular weight is 424 g/mol. The van der Waals surface area contributed by atoms with E-state index in [1.807, 2.05) is 6.07 Å². The second-order valence-corrected chi connectivity index (χ2v) is 8.08. The Morgan fingerprint density at radius 1 is 1.18 bits per heavy atom. The molecule has 0 aliphatic rings. The minimum absolute atomic E-state index is 0.0208. The van der Waals surface area contributed by atoms with Crippen molar-refractivity contribution in [3.8, 4) is 17.6 Å². The van der Waals surface area contributed by atoms with Gasteiger partial charge in [0, 0.05) is 19.2 Å². The van der Waals surface area contributed by atoms with Gasteiger partial charge < -0.3 is 14.8 Å². The number of carbonyl (C=O) groups is 1. The van der Waals surface area contributed by atoms with Gasteiger partial charge in [0.05, 0.1) is 48.0 Å². The van der Waals surface area contributed by atoms with Crippen LogP contribution in [0.4, 0.5) is 5.69 Å². The molecule has 0 bridgehead atoms. The minimum Gasteiger partial charge on any atom is -0.495 e. The largest absolute Gasteiger partial charge is 0.495 e. The van der Waals surface area contributed by atoms with Crippen LogP contribution in [0.25, 0.3) is 0 Å². The van der Waals surface area contributed by atoms with Gasteiger partial charge in [0.2, 0.25) is 15.9 Å². The third-order valence-electron chi connectivity index (χ3n) is 3.81. The SMILES string of the molecule is COc1cc(NC(=O)CN(C)S(=O)(=O)c2ccc(C#N)cc2)c(OC)cc1Cl. The van der Waals surface area contributed by atoms with Crippen LogP contribution in [0.1, 0.15) is 5.56 Å². The summed E-state index contributed by atoms with van der Waals surface area (Å²) in [5.74, 6) is 0.0514. The maximum atomic E-state index is 12.6. The summed E-state index contributed by atoms with van der Waals surface area (Å²) in [6.45, 7) is -0.434. The molecule has 0 heterocycles. The first kappa shape index (κ1) is 21.5. The van der Waals surface area contributed by atoms with Gasteiger partial charge in [-0.15, -0.1) is 0 Å². The van der Waals surface area contributed by atoms with Gasteiger partial charge in [-0.05, 0) is 24.3 Å². The van der Waals surface area contributed by atoms with Crippen LogP contribution < -0.4 is 14.8 Å². The number of benzene rings is 2. The molecule has 148 valence electrons. The average Bonchev–Trinajstić information content (AvgIpc) is 2.68. The Morgan fingerprint density at radius 2 is 1.79 bits per heavy atom. The van der Waals surface area contributed by atoms with Crippen LogP contribution in [0.2, 0.25) is 5.02 Å². The van der Waals surface area contributed by atoms with E-state index in [2.05, 4.69) is 5.32 Å². The number of methoxy groups -OCH3 is 2. The Morgan fingerprint density at radius 3 is 2.32 bits per heavy atom. The Hall–Kier alpha value is -2.80. The molecule has 0 fully saturated rings. The van der Waals surface area contributed by atoms with Crippen molar-refractivity contribution in [2.45, 2.75) is 4.90 Å². The van der Waals surface area contributed by atoms with Crippen LogP contribution >= 0.6 is 11.6 Å². The lowest BCUT2D eigenvalue weighted by atomic mass is 10.2. The van der Waals surface area contributed by atoms with Crippen molar-refractivity contribution >= 4 is 33.2 Å². The summed E-state index contributed by atoms with van der Waals surface area (Å²) >= 11 is 6.03. The van der Waals surface area contributed by atoms with Crippen molar-refractivity contribution in [3.05, 3.63) is 47.0 Å². The van der Waals surface area contributed by atoms with Gasteiger partial charge in [0.15, 0.2) is 0 Å². The fourth-order valence-corrected chi connectivity index (χ4v) is 3.67. The van der Waals surface area contributed by atoms with Gasteiger partial charge in [0.25, 0.3) is 0 Å². The molecule has 10 heteroatoms. The molecule has 2 aromatic rings. The van der Waals surface area contributed by atoms with Gasteiger partial charge in [-0.3, -0.25) is 4.79 Å². The van der Waals surface area contributed by atoms with E-state index < -0.39 is 22.5 Å². The summed E-state index contributed by atoms with van der Waals surface area (Å²) < 4.78 is 36.4. The van der Waals surface area contributed by atoms with Crippen molar-refractivity contribution in [3.63, 3.8) is 0 Å². The van der Waals surface area contributed by atoms with E-state index in [0.29, 0.717) is 22.1 Å². The highest BCUT2D eigenvalue weighted by atomic mass is 35.5. The summed E-state index contributed by atoms with van der Waals surface area (Å²) in [5.41, 5.74) is 0.626. The number of hydrogen-bond acceptors (Lipinski definition) is 6. The first-order valence-corrected chi connectivity index (χ1v) is 9.72. The van der Waals surface area contributed by atoms with Crippen LogP contribution in [0.15, 0.2) is 41.3 Å². The zero-order chi connectivity index (χ0) is 20.9. The quantitative estimate of drug-likeness (QED) is 0.732. The van der Waals surface area contributed by atoms with Gasteiger partial charge in [-0.2, -0.15) is 9.57 Å². The van der Waals surface area contributed by atoms with E-state index in [0.717, 1.165) is 4.31 Å². The number of nitrogens with zero attached hydrogens (tertiary/aromatic N) is 2. The van der Waals surface area contributed by atoms with Crippen molar-refractivity contribution in [2.24, 2.45) is 0 Å². The normalized spacial score (nSPS) is 11.0. The molecule has 2 rings (SSSR count). The number of ether oxygens (including phenoxy) is 2. The number of anilines is 1. The van der Waals surface area contributed by atoms with E-state index in [1.165, 1.54) is 57.7 Å². The predicted molar refractivity (Wildman–Crippen MR) is 104 cm³/mol. The molecule has 0 radical (unpaired) electrons. The van der Waals surface area contributed by atoms with Crippen LogP contribution in [0.5, 0.6) is 11.5 Å². The molecule has 0 spiro atoms. The lowest BCUT2D eigenvalue weighted by Gasteiger charge is -2.18. The first-order valence-electron chi connectivity index (χ1n) is 7.90. The van der Waals surface area contributed by atoms with E-state index in [9.17, 15) is 13.2 Å². The molecule has 0 saturated carbocycles. The Balaban J connectivity index is 2.17. The molecule has 1 N–H and O–H groups in total. The maximum absolute atomic E-state index is 12.6. The van der Waals surface area contributed by atoms with Crippen molar-refractivity contribution in [2.75, 3.05) is 33.1 Å². The third-order valence-corrected chi connectivity index (χ3v) is 5.92. The number of rotatable bonds is 7. The lowest BCUT2D eigenvalue weighted by Crippen LogP contribution is -2.35. The Kier molecular flexibility index (Phi) is 6.85. The number of carbonyl (C=O) groups excluding carboxylic acids is 1. The summed E-state index contributed by atoms with van der Waals surface area (Å²) in [6, 6.07) is 10.3. The molecule has 0 aliphatic heterocycles. The van der Waals surface area contributed by atoms with Gasteiger partial charge >= 0.3 is 0 Å². The summed E-state index contributed by atoms with van der Waals surface area (Å²) in [5, 5.41) is 11.7. The fourth-order valence-electron chi connectivity index (χ4n) is 2.32. The fraction of sp³-hybridized carbons (Fsp3) is 0.222. The molecule has 0 saturated heterocycles. The van der Waals surface area contributed by atoms with Crippen LogP contribution in [-0.2, 0) is 14.8 Å². The maximum Gasteiger partial charge on any atom is 0.243 e. The third kappa shape index (κ3) is 4.72. The number of amides is 1. The number of sulfonamides is 1. The van der Waals surface area contributed by atoms with Crippen LogP contribution in [0.3, 0.4) is 0 Å². The molecule has 0 aromatic heterocycles. The monoisotopic (exact) mass is 423 g/mol. The number of nitrogens with one attached hydrogen (secondary N) is 1. The zero-order valence-corrected chi connectivity index (χ0v) is 17.0. The highest BCUT2D eigenvalue weighted by molar-refractivity contribution is 7.89. The second kappa shape index (κ2) is 8.93. The number of hydrogen-bond donors (Lipinski definition) is 1. The van der Waals surface area contributed by atoms with Crippen LogP contribution in [0, 0.1) is 11.3 Å². The predicted octanol–water partition coefficient (Wildman–Crippen LogP) is 2.49. The van der Waals surface area contributed by atoms with Gasteiger partial charge in [0.1, 0.15) is 11.5 Å². The van der Waals surface area contributed by atoms with Gasteiger partial charge in [-0.25, -0.2) is 8.42 Å². The number of likely N-dealkylation sites (N-methyl/N-ethyl adjacent to an activating group) is 1. The molecule has 28 heavy (non-hydrogen) atoms. The van der Waals surface area contributed by atoms with Crippen LogP contribution in [-0.4, -0.2) is 46.4 Å². The Labute approximate surface area is 168 Å². The van der Waals surface area contributed by atoms with E-state index in [-0.39, 0.29) is 10.6 Å². The van der Waals surface area contributed by atoms with Crippen molar-refractivity contribution in [1.82, 2.24) is 4.31 Å². The van der Waals surface area contributed by atoms with E-state index in [4.69, 9.17) is 26.3 Å². The van der Waals surface area contributed by atoms with Crippen molar-refractivity contribution < 1.29 is 22.7 Å². The molecule has 1 amide bonds. The van der Waals surface area contributed by atoms with Crippen molar-refractivity contribution in [1.29, 1.82) is 5.26 Å². The standard InChI is InChI=1S/C18H18ClN3O5S/c1-22(28(24,25)13-6-4-12(10-20)5-7-13)11-18(23)21-15-9-16(26-2)14(19)8-17(15)27-3/h4-9H,11H2,1-3H3,(H,21,23). The van der Waals surface area contributed by atoms with E-state index >= 15 is 0 Å². The molecular weight excluding hydrogens is 406 g/mol. The zero-order valence-electron chi connectivity index (χ0n) is 15.4. The highest BCUT2D eigenvalue weighted by Gasteiger charge is 2.23. The lowest BCUT2D eigenvalue weighted by molar-refractivity contribution is -0.116. The minimum atomic E-state index is -3.90. The molecule has 0 aliphatic carbocycles. The van der Waals surface area contributed by atoms with E-state index in [1.54, 1.807) is 0 Å². The molecular formula is C18H18ClN3O5S. The number of nitriles is 1. The summed E-state index contributed by atoms with van der Waals surface area (Å²) in [6.07, 6.45) is 0. The topological polar surface area (TPSA) is 109 Å². The molecule has 8 nitrogen and oxygen atoms in total. The molecule has 0 atom stereocenters. The molecule has 2 aromatic carbocycles. The summed E-state index contributed by atoms with van der Waals surface area (Å²) in [4.78, 5) is 12.3. The smallest absolute Gasteiger partial charge is 0.243 e. The summed E-state index contributed by atoms with van der Waals surface area (Å²) in [7, 11) is 0.224. The molecule has 0 unspecified atom stereocenters. The number of halogens is 1.